The Morgan fingerprint density at radius 2 is 2.12 bits per heavy atom. The van der Waals surface area contributed by atoms with E-state index >= 15 is 0 Å². The summed E-state index contributed by atoms with van der Waals surface area (Å²) in [6.07, 6.45) is -3.98. The molecule has 0 saturated carbocycles. The zero-order chi connectivity index (χ0) is 12.5. The van der Waals surface area contributed by atoms with Crippen molar-refractivity contribution in [3.63, 3.8) is 0 Å². The molecule has 0 radical (unpaired) electrons. The first-order chi connectivity index (χ1) is 7.29. The van der Waals surface area contributed by atoms with Gasteiger partial charge in [-0.15, -0.1) is 0 Å². The Kier molecular flexibility index (Phi) is 3.80. The fraction of sp³-hybridized carbons (Fsp3) is 0.250. The van der Waals surface area contributed by atoms with Gasteiger partial charge in [0.1, 0.15) is 5.02 Å². The van der Waals surface area contributed by atoms with Crippen molar-refractivity contribution >= 4 is 33.3 Å². The van der Waals surface area contributed by atoms with Crippen LogP contribution in [0, 0.1) is 0 Å². The average molecular weight is 318 g/mol. The molecule has 0 amide bonds. The molecular weight excluding hydrogens is 314 g/mol. The number of nitrogens with zero attached hydrogens (tertiary/aromatic N) is 1. The van der Waals surface area contributed by atoms with E-state index in [2.05, 4.69) is 25.7 Å². The molecular formula is C8H4BrClF3NO2. The summed E-state index contributed by atoms with van der Waals surface area (Å²) in [7, 11) is 1.18. The largest absolute Gasteiger partial charge is 0.480 e. The highest BCUT2D eigenvalue weighted by Gasteiger charge is 2.42. The molecule has 0 spiro atoms. The minimum atomic E-state index is -5.00. The van der Waals surface area contributed by atoms with Gasteiger partial charge in [0.25, 0.3) is 5.78 Å². The van der Waals surface area contributed by atoms with E-state index in [-0.39, 0.29) is 10.4 Å². The second kappa shape index (κ2) is 4.58. The summed E-state index contributed by atoms with van der Waals surface area (Å²) < 4.78 is 41.2. The molecule has 1 rings (SSSR count). The fourth-order valence-corrected chi connectivity index (χ4v) is 1.85. The number of Topliss-reactive ketones (excluding diaryl/α,β-unsaturated/α-hetero) is 1. The van der Waals surface area contributed by atoms with Gasteiger partial charge in [0, 0.05) is 10.7 Å². The Morgan fingerprint density at radius 3 is 2.56 bits per heavy atom. The fourth-order valence-electron chi connectivity index (χ4n) is 0.940. The molecule has 1 heterocycles. The summed E-state index contributed by atoms with van der Waals surface area (Å²) in [5.74, 6) is -2.29. The third kappa shape index (κ3) is 2.46. The summed E-state index contributed by atoms with van der Waals surface area (Å²) in [6, 6.07) is 0. The van der Waals surface area contributed by atoms with E-state index in [1.165, 1.54) is 7.11 Å². The number of alkyl halides is 3. The minimum absolute atomic E-state index is 0.138. The first-order valence-electron chi connectivity index (χ1n) is 3.78. The zero-order valence-electron chi connectivity index (χ0n) is 7.73. The Bertz CT molecular complexity index is 436. The zero-order valence-corrected chi connectivity index (χ0v) is 10.1. The van der Waals surface area contributed by atoms with Crippen LogP contribution in [-0.2, 0) is 0 Å². The number of methoxy groups -OCH3 is 1. The lowest BCUT2D eigenvalue weighted by Crippen LogP contribution is -2.23. The molecule has 0 aromatic carbocycles. The molecule has 0 atom stereocenters. The molecule has 3 nitrogen and oxygen atoms in total. The van der Waals surface area contributed by atoms with Crippen LogP contribution in [0.2, 0.25) is 5.02 Å². The topological polar surface area (TPSA) is 39.2 Å². The standard InChI is InChI=1S/C8H4BrClF3NO2/c1-16-7-5(10)4(3(9)2-14-7)6(15)8(11,12)13/h2H,1H3. The van der Waals surface area contributed by atoms with Crippen LogP contribution in [0.15, 0.2) is 10.7 Å². The Balaban J connectivity index is 3.38. The number of ketones is 1. The molecule has 16 heavy (non-hydrogen) atoms. The van der Waals surface area contributed by atoms with E-state index in [1.54, 1.807) is 0 Å². The Hall–Kier alpha value is -0.820. The monoisotopic (exact) mass is 317 g/mol. The van der Waals surface area contributed by atoms with Crippen molar-refractivity contribution in [3.8, 4) is 5.88 Å². The Morgan fingerprint density at radius 1 is 1.56 bits per heavy atom. The molecule has 0 N–H and O–H groups in total. The van der Waals surface area contributed by atoms with Gasteiger partial charge in [-0.1, -0.05) is 11.6 Å². The molecule has 1 aromatic rings. The number of carbonyl (C=O) groups excluding carboxylic acids is 1. The van der Waals surface area contributed by atoms with Gasteiger partial charge in [0.2, 0.25) is 5.88 Å². The number of carbonyl (C=O) groups is 1. The van der Waals surface area contributed by atoms with Gasteiger partial charge in [0.05, 0.1) is 12.7 Å². The Labute approximate surface area is 102 Å². The number of pyridine rings is 1. The predicted octanol–water partition coefficient (Wildman–Crippen LogP) is 3.25. The van der Waals surface area contributed by atoms with Crippen LogP contribution in [0.4, 0.5) is 13.2 Å². The van der Waals surface area contributed by atoms with E-state index in [0.717, 1.165) is 6.20 Å². The van der Waals surface area contributed by atoms with Crippen molar-refractivity contribution in [3.05, 3.63) is 21.3 Å². The third-order valence-electron chi connectivity index (χ3n) is 1.62. The molecule has 0 unspecified atom stereocenters. The van der Waals surface area contributed by atoms with Crippen molar-refractivity contribution in [2.45, 2.75) is 6.18 Å². The molecule has 0 aliphatic rings. The van der Waals surface area contributed by atoms with Crippen LogP contribution < -0.4 is 4.74 Å². The van der Waals surface area contributed by atoms with E-state index < -0.39 is 22.5 Å². The first-order valence-corrected chi connectivity index (χ1v) is 4.95. The molecule has 0 bridgehead atoms. The van der Waals surface area contributed by atoms with Crippen LogP contribution in [0.25, 0.3) is 0 Å². The number of rotatable bonds is 2. The molecule has 8 heteroatoms. The summed E-state index contributed by atoms with van der Waals surface area (Å²) >= 11 is 8.36. The lowest BCUT2D eigenvalue weighted by Gasteiger charge is -2.10. The van der Waals surface area contributed by atoms with E-state index in [4.69, 9.17) is 11.6 Å². The summed E-state index contributed by atoms with van der Waals surface area (Å²) in [5.41, 5.74) is -0.707. The number of ether oxygens (including phenoxy) is 1. The van der Waals surface area contributed by atoms with E-state index in [0.29, 0.717) is 0 Å². The molecule has 0 aliphatic carbocycles. The average Bonchev–Trinajstić information content (AvgIpc) is 2.16. The SMILES string of the molecule is COc1ncc(Br)c(C(=O)C(F)(F)F)c1Cl. The van der Waals surface area contributed by atoms with Crippen LogP contribution in [-0.4, -0.2) is 24.1 Å². The maximum Gasteiger partial charge on any atom is 0.454 e. The van der Waals surface area contributed by atoms with Gasteiger partial charge in [-0.25, -0.2) is 4.98 Å². The van der Waals surface area contributed by atoms with Crippen molar-refractivity contribution in [1.29, 1.82) is 0 Å². The van der Waals surface area contributed by atoms with Crippen molar-refractivity contribution in [2.24, 2.45) is 0 Å². The van der Waals surface area contributed by atoms with E-state index in [1.807, 2.05) is 0 Å². The first kappa shape index (κ1) is 13.2. The molecule has 1 aromatic heterocycles. The van der Waals surface area contributed by atoms with Gasteiger partial charge >= 0.3 is 6.18 Å². The summed E-state index contributed by atoms with van der Waals surface area (Å²) in [6.45, 7) is 0. The second-order valence-corrected chi connectivity index (χ2v) is 3.86. The van der Waals surface area contributed by atoms with Crippen molar-refractivity contribution in [2.75, 3.05) is 7.11 Å². The molecule has 0 fully saturated rings. The normalized spacial score (nSPS) is 11.4. The highest BCUT2D eigenvalue weighted by molar-refractivity contribution is 9.10. The summed E-state index contributed by atoms with van der Waals surface area (Å²) in [4.78, 5) is 14.7. The number of halogens is 5. The molecule has 88 valence electrons. The van der Waals surface area contributed by atoms with Gasteiger partial charge < -0.3 is 4.74 Å². The highest BCUT2D eigenvalue weighted by Crippen LogP contribution is 2.35. The van der Waals surface area contributed by atoms with E-state index in [9.17, 15) is 18.0 Å². The third-order valence-corrected chi connectivity index (χ3v) is 2.57. The van der Waals surface area contributed by atoms with Crippen molar-refractivity contribution < 1.29 is 22.7 Å². The minimum Gasteiger partial charge on any atom is -0.480 e. The van der Waals surface area contributed by atoms with Crippen LogP contribution >= 0.6 is 27.5 Å². The van der Waals surface area contributed by atoms with Gasteiger partial charge in [-0.05, 0) is 15.9 Å². The van der Waals surface area contributed by atoms with Crippen LogP contribution in [0.1, 0.15) is 10.4 Å². The van der Waals surface area contributed by atoms with Gasteiger partial charge in [-0.2, -0.15) is 13.2 Å². The predicted molar refractivity (Wildman–Crippen MR) is 53.9 cm³/mol. The quantitative estimate of drug-likeness (QED) is 0.786. The second-order valence-electron chi connectivity index (χ2n) is 2.63. The number of aromatic nitrogens is 1. The maximum atomic E-state index is 12.2. The van der Waals surface area contributed by atoms with Crippen molar-refractivity contribution in [1.82, 2.24) is 4.98 Å². The number of hydrogen-bond acceptors (Lipinski definition) is 3. The van der Waals surface area contributed by atoms with Gasteiger partial charge in [0.15, 0.2) is 0 Å². The summed E-state index contributed by atoms with van der Waals surface area (Å²) in [5, 5.41) is -0.473. The maximum absolute atomic E-state index is 12.2. The smallest absolute Gasteiger partial charge is 0.454 e. The number of hydrogen-bond donors (Lipinski definition) is 0. The van der Waals surface area contributed by atoms with Crippen LogP contribution in [0.5, 0.6) is 5.88 Å². The molecule has 0 aliphatic heterocycles. The lowest BCUT2D eigenvalue weighted by molar-refractivity contribution is -0.0885. The van der Waals surface area contributed by atoms with Gasteiger partial charge in [-0.3, -0.25) is 4.79 Å². The lowest BCUT2D eigenvalue weighted by atomic mass is 10.1. The molecule has 0 saturated heterocycles. The van der Waals surface area contributed by atoms with Crippen LogP contribution in [0.3, 0.4) is 0 Å². The highest BCUT2D eigenvalue weighted by atomic mass is 79.9.